The van der Waals surface area contributed by atoms with Crippen molar-refractivity contribution in [3.05, 3.63) is 17.0 Å². The van der Waals surface area contributed by atoms with Crippen molar-refractivity contribution >= 4 is 15.9 Å². The van der Waals surface area contributed by atoms with E-state index in [9.17, 15) is 0 Å². The second kappa shape index (κ2) is 4.02. The highest BCUT2D eigenvalue weighted by Crippen LogP contribution is 2.15. The molecule has 2 heterocycles. The molecule has 1 saturated heterocycles. The van der Waals surface area contributed by atoms with Gasteiger partial charge in [-0.15, -0.1) is 0 Å². The van der Waals surface area contributed by atoms with Gasteiger partial charge in [-0.05, 0) is 15.9 Å². The van der Waals surface area contributed by atoms with E-state index in [4.69, 9.17) is 9.47 Å². The molecule has 0 bridgehead atoms. The standard InChI is InChI=1S/C8H9BrN2O2/c9-7-3-10-4-8(11-7)13-6-1-2-12-5-6/h3-4,6H,1-2,5H2. The van der Waals surface area contributed by atoms with Crippen molar-refractivity contribution in [3.63, 3.8) is 0 Å². The van der Waals surface area contributed by atoms with Gasteiger partial charge in [-0.3, -0.25) is 4.98 Å². The van der Waals surface area contributed by atoms with Gasteiger partial charge in [-0.25, -0.2) is 4.98 Å². The molecular formula is C8H9BrN2O2. The zero-order valence-corrected chi connectivity index (χ0v) is 8.53. The van der Waals surface area contributed by atoms with E-state index in [1.807, 2.05) is 0 Å². The first-order chi connectivity index (χ1) is 6.34. The second-order valence-corrected chi connectivity index (χ2v) is 3.60. The Morgan fingerprint density at radius 2 is 2.46 bits per heavy atom. The number of halogens is 1. The van der Waals surface area contributed by atoms with Crippen LogP contribution in [-0.4, -0.2) is 29.3 Å². The SMILES string of the molecule is Brc1cncc(OC2CCOC2)n1. The maximum atomic E-state index is 5.53. The lowest BCUT2D eigenvalue weighted by Gasteiger charge is -2.09. The summed E-state index contributed by atoms with van der Waals surface area (Å²) in [7, 11) is 0. The maximum absolute atomic E-state index is 5.53. The highest BCUT2D eigenvalue weighted by molar-refractivity contribution is 9.10. The highest BCUT2D eigenvalue weighted by atomic mass is 79.9. The van der Waals surface area contributed by atoms with Gasteiger partial charge < -0.3 is 9.47 Å². The van der Waals surface area contributed by atoms with Crippen LogP contribution in [0.15, 0.2) is 17.0 Å². The van der Waals surface area contributed by atoms with E-state index in [-0.39, 0.29) is 6.10 Å². The van der Waals surface area contributed by atoms with Crippen LogP contribution in [0, 0.1) is 0 Å². The molecule has 4 nitrogen and oxygen atoms in total. The molecule has 5 heteroatoms. The first-order valence-corrected chi connectivity index (χ1v) is 4.86. The Hall–Kier alpha value is -0.680. The van der Waals surface area contributed by atoms with Gasteiger partial charge in [-0.2, -0.15) is 0 Å². The van der Waals surface area contributed by atoms with Crippen LogP contribution in [0.4, 0.5) is 0 Å². The number of hydrogen-bond acceptors (Lipinski definition) is 4. The van der Waals surface area contributed by atoms with Crippen molar-refractivity contribution in [1.82, 2.24) is 9.97 Å². The summed E-state index contributed by atoms with van der Waals surface area (Å²) in [6.45, 7) is 1.42. The molecule has 0 amide bonds. The minimum atomic E-state index is 0.128. The summed E-state index contributed by atoms with van der Waals surface area (Å²) >= 11 is 3.23. The zero-order valence-electron chi connectivity index (χ0n) is 6.94. The molecule has 13 heavy (non-hydrogen) atoms. The average molecular weight is 245 g/mol. The minimum Gasteiger partial charge on any atom is -0.471 e. The Morgan fingerprint density at radius 1 is 1.54 bits per heavy atom. The van der Waals surface area contributed by atoms with Crippen molar-refractivity contribution in [2.75, 3.05) is 13.2 Å². The summed E-state index contributed by atoms with van der Waals surface area (Å²) in [5.41, 5.74) is 0. The monoisotopic (exact) mass is 244 g/mol. The normalized spacial score (nSPS) is 21.8. The fourth-order valence-electron chi connectivity index (χ4n) is 1.16. The quantitative estimate of drug-likeness (QED) is 0.790. The Kier molecular flexibility index (Phi) is 2.75. The third-order valence-electron chi connectivity index (χ3n) is 1.76. The van der Waals surface area contributed by atoms with Gasteiger partial charge in [0.15, 0.2) is 0 Å². The van der Waals surface area contributed by atoms with Crippen LogP contribution in [0.5, 0.6) is 5.88 Å². The minimum absolute atomic E-state index is 0.128. The van der Waals surface area contributed by atoms with Crippen LogP contribution in [0.25, 0.3) is 0 Å². The fourth-order valence-corrected chi connectivity index (χ4v) is 1.45. The summed E-state index contributed by atoms with van der Waals surface area (Å²) in [5, 5.41) is 0. The molecule has 1 aromatic heterocycles. The molecule has 1 atom stereocenters. The zero-order chi connectivity index (χ0) is 9.10. The Bertz CT molecular complexity index is 289. The molecule has 2 rings (SSSR count). The number of ether oxygens (including phenoxy) is 2. The lowest BCUT2D eigenvalue weighted by molar-refractivity contribution is 0.137. The second-order valence-electron chi connectivity index (χ2n) is 2.78. The van der Waals surface area contributed by atoms with Crippen LogP contribution < -0.4 is 4.74 Å². The van der Waals surface area contributed by atoms with Gasteiger partial charge in [0.25, 0.3) is 0 Å². The van der Waals surface area contributed by atoms with Crippen LogP contribution >= 0.6 is 15.9 Å². The van der Waals surface area contributed by atoms with Crippen molar-refractivity contribution in [2.24, 2.45) is 0 Å². The van der Waals surface area contributed by atoms with E-state index in [2.05, 4.69) is 25.9 Å². The predicted octanol–water partition coefficient (Wildman–Crippen LogP) is 1.41. The van der Waals surface area contributed by atoms with Crippen molar-refractivity contribution in [2.45, 2.75) is 12.5 Å². The van der Waals surface area contributed by atoms with E-state index in [1.54, 1.807) is 12.4 Å². The molecule has 1 aromatic rings. The number of aromatic nitrogens is 2. The van der Waals surface area contributed by atoms with Crippen molar-refractivity contribution in [3.8, 4) is 5.88 Å². The van der Waals surface area contributed by atoms with Crippen molar-refractivity contribution < 1.29 is 9.47 Å². The largest absolute Gasteiger partial charge is 0.471 e. The predicted molar refractivity (Wildman–Crippen MR) is 49.6 cm³/mol. The first-order valence-electron chi connectivity index (χ1n) is 4.06. The van der Waals surface area contributed by atoms with E-state index in [0.29, 0.717) is 17.1 Å². The van der Waals surface area contributed by atoms with Crippen molar-refractivity contribution in [1.29, 1.82) is 0 Å². The lowest BCUT2D eigenvalue weighted by atomic mass is 10.3. The summed E-state index contributed by atoms with van der Waals surface area (Å²) in [6.07, 6.45) is 4.28. The first kappa shape index (κ1) is 8.90. The van der Waals surface area contributed by atoms with Gasteiger partial charge in [0.1, 0.15) is 10.7 Å². The smallest absolute Gasteiger partial charge is 0.233 e. The van der Waals surface area contributed by atoms with Gasteiger partial charge >= 0.3 is 0 Å². The topological polar surface area (TPSA) is 44.2 Å². The van der Waals surface area contributed by atoms with Gasteiger partial charge in [0, 0.05) is 6.42 Å². The number of nitrogens with zero attached hydrogens (tertiary/aromatic N) is 2. The lowest BCUT2D eigenvalue weighted by Crippen LogP contribution is -2.16. The molecule has 0 aliphatic carbocycles. The van der Waals surface area contributed by atoms with E-state index in [1.165, 1.54) is 0 Å². The van der Waals surface area contributed by atoms with E-state index in [0.717, 1.165) is 13.0 Å². The Labute approximate surface area is 84.4 Å². The highest BCUT2D eigenvalue weighted by Gasteiger charge is 2.17. The molecule has 0 radical (unpaired) electrons. The molecule has 1 aliphatic rings. The Morgan fingerprint density at radius 3 is 3.15 bits per heavy atom. The number of hydrogen-bond donors (Lipinski definition) is 0. The van der Waals surface area contributed by atoms with Gasteiger partial charge in [0.2, 0.25) is 5.88 Å². The molecular weight excluding hydrogens is 236 g/mol. The van der Waals surface area contributed by atoms with E-state index < -0.39 is 0 Å². The molecule has 0 aromatic carbocycles. The fraction of sp³-hybridized carbons (Fsp3) is 0.500. The van der Waals surface area contributed by atoms with Crippen LogP contribution in [0.2, 0.25) is 0 Å². The van der Waals surface area contributed by atoms with Gasteiger partial charge in [-0.1, -0.05) is 0 Å². The van der Waals surface area contributed by atoms with E-state index >= 15 is 0 Å². The third-order valence-corrected chi connectivity index (χ3v) is 2.14. The molecule has 1 fully saturated rings. The summed E-state index contributed by atoms with van der Waals surface area (Å²) in [5.74, 6) is 0.546. The summed E-state index contributed by atoms with van der Waals surface area (Å²) < 4.78 is 11.4. The molecule has 1 unspecified atom stereocenters. The Balaban J connectivity index is 2.00. The summed E-state index contributed by atoms with van der Waals surface area (Å²) in [4.78, 5) is 8.06. The van der Waals surface area contributed by atoms with Crippen LogP contribution in [-0.2, 0) is 4.74 Å². The molecule has 0 saturated carbocycles. The molecule has 0 spiro atoms. The molecule has 1 aliphatic heterocycles. The maximum Gasteiger partial charge on any atom is 0.233 e. The summed E-state index contributed by atoms with van der Waals surface area (Å²) in [6, 6.07) is 0. The average Bonchev–Trinajstić information content (AvgIpc) is 2.57. The van der Waals surface area contributed by atoms with Crippen LogP contribution in [0.1, 0.15) is 6.42 Å². The molecule has 0 N–H and O–H groups in total. The third kappa shape index (κ3) is 2.38. The van der Waals surface area contributed by atoms with Gasteiger partial charge in [0.05, 0.1) is 25.6 Å². The van der Waals surface area contributed by atoms with Crippen LogP contribution in [0.3, 0.4) is 0 Å². The molecule has 70 valence electrons. The number of rotatable bonds is 2.